The summed E-state index contributed by atoms with van der Waals surface area (Å²) in [6.07, 6.45) is 0. The van der Waals surface area contributed by atoms with Gasteiger partial charge in [0.2, 0.25) is 69.0 Å². The molecule has 1 aliphatic rings. The van der Waals surface area contributed by atoms with Crippen LogP contribution in [0.4, 0.5) is 0 Å². The molecule has 348 valence electrons. The zero-order valence-corrected chi connectivity index (χ0v) is 34.8. The van der Waals surface area contributed by atoms with Crippen molar-refractivity contribution >= 4 is 23.0 Å². The predicted octanol–water partition coefficient (Wildman–Crippen LogP) is 7.01. The quantitative estimate of drug-likeness (QED) is 0.0432. The second kappa shape index (κ2) is 16.4. The first kappa shape index (κ1) is 45.2. The van der Waals surface area contributed by atoms with Crippen molar-refractivity contribution < 1.29 is 119 Å². The molecule has 0 aromatic heterocycles. The van der Waals surface area contributed by atoms with Crippen molar-refractivity contribution in [1.29, 1.82) is 0 Å². The molecular weight excluding hydrogens is 951 g/mol. The van der Waals surface area contributed by atoms with Gasteiger partial charge in [-0.05, 0) is 72.8 Å². The summed E-state index contributed by atoms with van der Waals surface area (Å²) in [4.78, 5) is 0. The van der Waals surface area contributed by atoms with Crippen molar-refractivity contribution in [3.8, 4) is 138 Å². The minimum Gasteiger partial charge on any atom is -0.504 e. The van der Waals surface area contributed by atoms with E-state index in [1.54, 1.807) is 0 Å². The predicted molar refractivity (Wildman–Crippen MR) is 220 cm³/mol. The van der Waals surface area contributed by atoms with Gasteiger partial charge in [-0.1, -0.05) is 13.5 Å². The maximum Gasteiger partial charge on any atom is 0.461 e. The van der Waals surface area contributed by atoms with Crippen LogP contribution in [0.2, 0.25) is 0 Å². The van der Waals surface area contributed by atoms with Crippen molar-refractivity contribution in [2.24, 2.45) is 13.5 Å². The molecule has 6 aromatic carbocycles. The standard InChI is InChI=1S/C36H30N3O24P3/c40-13-1-7-19(31(52)25(13)46)58-64(59-20-8-2-14(41)26(47)32(20)53)37-65(60-21-9-3-15(42)27(48)33(21)54,61-22-10-4-16(43)28(49)34(22)55)39-66(38-64,62-23-11-5-17(44)29(50)35(23)56)63-24-12-6-18(45)30(51)36(24)57/h1-12,40-57H. The molecule has 0 bridgehead atoms. The Morgan fingerprint density at radius 1 is 0.212 bits per heavy atom. The number of hydrogen-bond donors (Lipinski definition) is 18. The number of aromatic hydroxyl groups is 18. The van der Waals surface area contributed by atoms with E-state index in [0.717, 1.165) is 72.8 Å². The molecule has 0 aliphatic carbocycles. The average Bonchev–Trinajstić information content (AvgIpc) is 3.27. The van der Waals surface area contributed by atoms with E-state index < -0.39 is 161 Å². The smallest absolute Gasteiger partial charge is 0.461 e. The van der Waals surface area contributed by atoms with Crippen LogP contribution in [0.3, 0.4) is 0 Å². The van der Waals surface area contributed by atoms with E-state index in [2.05, 4.69) is 13.5 Å². The van der Waals surface area contributed by atoms with Gasteiger partial charge >= 0.3 is 23.0 Å². The van der Waals surface area contributed by atoms with Crippen LogP contribution in [0, 0.1) is 0 Å². The summed E-state index contributed by atoms with van der Waals surface area (Å²) in [6.45, 7) is 0. The molecule has 7 rings (SSSR count). The van der Waals surface area contributed by atoms with Crippen LogP contribution in [0.1, 0.15) is 0 Å². The SMILES string of the molecule is Oc1ccc(OP2(Oc3ccc(O)c(O)c3O)=NP(Oc3ccc(O)c(O)c3O)(Oc3ccc(O)c(O)c3O)=NP(Oc3ccc(O)c(O)c3O)(Oc3ccc(O)c(O)c3O)=N2)c(O)c1O. The molecular formula is C36H30N3O24P3. The molecule has 1 aliphatic heterocycles. The third kappa shape index (κ3) is 8.14. The van der Waals surface area contributed by atoms with Crippen molar-refractivity contribution in [3.05, 3.63) is 72.8 Å². The van der Waals surface area contributed by atoms with Crippen LogP contribution in [-0.4, -0.2) is 91.9 Å². The topological polar surface area (TPSA) is 457 Å². The Morgan fingerprint density at radius 3 is 0.485 bits per heavy atom. The van der Waals surface area contributed by atoms with Gasteiger partial charge in [0.15, 0.2) is 69.0 Å². The second-order valence-electron chi connectivity index (χ2n) is 13.0. The zero-order chi connectivity index (χ0) is 48.2. The molecule has 0 fully saturated rings. The van der Waals surface area contributed by atoms with Crippen molar-refractivity contribution in [3.63, 3.8) is 0 Å². The Balaban J connectivity index is 1.72. The van der Waals surface area contributed by atoms with Crippen LogP contribution < -0.4 is 27.1 Å². The molecule has 66 heavy (non-hydrogen) atoms. The Hall–Kier alpha value is -8.79. The van der Waals surface area contributed by atoms with Crippen LogP contribution in [0.15, 0.2) is 86.3 Å². The lowest BCUT2D eigenvalue weighted by molar-refractivity contribution is 0.341. The molecule has 27 nitrogen and oxygen atoms in total. The highest BCUT2D eigenvalue weighted by molar-refractivity contribution is 7.79. The highest BCUT2D eigenvalue weighted by Gasteiger charge is 2.51. The number of nitrogens with zero attached hydrogens (tertiary/aromatic N) is 3. The Morgan fingerprint density at radius 2 is 0.348 bits per heavy atom. The lowest BCUT2D eigenvalue weighted by Crippen LogP contribution is -2.11. The number of phenolic OH excluding ortho intramolecular Hbond substituents is 18. The van der Waals surface area contributed by atoms with Gasteiger partial charge in [-0.3, -0.25) is 0 Å². The Kier molecular flexibility index (Phi) is 11.2. The van der Waals surface area contributed by atoms with Crippen molar-refractivity contribution in [2.45, 2.75) is 0 Å². The zero-order valence-electron chi connectivity index (χ0n) is 32.1. The highest BCUT2D eigenvalue weighted by Crippen LogP contribution is 2.80. The lowest BCUT2D eigenvalue weighted by atomic mass is 10.3. The van der Waals surface area contributed by atoms with Gasteiger partial charge < -0.3 is 119 Å². The van der Waals surface area contributed by atoms with Gasteiger partial charge in [0.05, 0.1) is 0 Å². The molecule has 0 atom stereocenters. The van der Waals surface area contributed by atoms with E-state index in [4.69, 9.17) is 27.1 Å². The molecule has 30 heteroatoms. The number of benzene rings is 6. The van der Waals surface area contributed by atoms with Gasteiger partial charge in [0, 0.05) is 0 Å². The van der Waals surface area contributed by atoms with Gasteiger partial charge in [-0.2, -0.15) is 0 Å². The van der Waals surface area contributed by atoms with E-state index in [0.29, 0.717) is 0 Å². The maximum absolute atomic E-state index is 11.1. The molecule has 6 aromatic rings. The summed E-state index contributed by atoms with van der Waals surface area (Å²) in [7, 11) is -16.9. The van der Waals surface area contributed by atoms with Crippen LogP contribution in [0.25, 0.3) is 0 Å². The highest BCUT2D eigenvalue weighted by atomic mass is 31.3. The summed E-state index contributed by atoms with van der Waals surface area (Å²) in [6, 6.07) is 8.82. The summed E-state index contributed by atoms with van der Waals surface area (Å²) in [5, 5.41) is 191. The van der Waals surface area contributed by atoms with Crippen LogP contribution in [0.5, 0.6) is 138 Å². The second-order valence-corrected chi connectivity index (χ2v) is 19.2. The van der Waals surface area contributed by atoms with Gasteiger partial charge in [0.25, 0.3) is 0 Å². The van der Waals surface area contributed by atoms with Gasteiger partial charge in [-0.15, -0.1) is 0 Å². The monoisotopic (exact) mass is 981 g/mol. The molecule has 1 heterocycles. The minimum absolute atomic E-state index is 0.729. The minimum atomic E-state index is -5.62. The summed E-state index contributed by atoms with van der Waals surface area (Å²) in [5.41, 5.74) is 0. The van der Waals surface area contributed by atoms with Crippen LogP contribution >= 0.6 is 23.0 Å². The fourth-order valence-corrected chi connectivity index (χ4v) is 14.4. The number of rotatable bonds is 12. The third-order valence-corrected chi connectivity index (χ3v) is 16.6. The normalized spacial score (nSPS) is 14.4. The third-order valence-electron chi connectivity index (χ3n) is 8.54. The summed E-state index contributed by atoms with van der Waals surface area (Å²) in [5.74, 6) is -27.3. The molecule has 0 radical (unpaired) electrons. The van der Waals surface area contributed by atoms with E-state index in [1.807, 2.05) is 0 Å². The molecule has 0 spiro atoms. The summed E-state index contributed by atoms with van der Waals surface area (Å²) >= 11 is 0. The van der Waals surface area contributed by atoms with Crippen LogP contribution in [-0.2, 0) is 0 Å². The lowest BCUT2D eigenvalue weighted by Gasteiger charge is -2.33. The first-order chi connectivity index (χ1) is 31.0. The molecule has 0 saturated carbocycles. The number of hydrogen-bond acceptors (Lipinski definition) is 27. The average molecular weight is 982 g/mol. The van der Waals surface area contributed by atoms with E-state index >= 15 is 0 Å². The fraction of sp³-hybridized carbons (Fsp3) is 0. The first-order valence-electron chi connectivity index (χ1n) is 17.5. The Labute approximate surface area is 365 Å². The van der Waals surface area contributed by atoms with E-state index in [1.165, 1.54) is 0 Å². The van der Waals surface area contributed by atoms with Crippen molar-refractivity contribution in [1.82, 2.24) is 0 Å². The van der Waals surface area contributed by atoms with Crippen molar-refractivity contribution in [2.75, 3.05) is 0 Å². The van der Waals surface area contributed by atoms with Gasteiger partial charge in [-0.25, -0.2) is 0 Å². The Bertz CT molecular complexity index is 2630. The molecule has 0 amide bonds. The van der Waals surface area contributed by atoms with E-state index in [-0.39, 0.29) is 0 Å². The largest absolute Gasteiger partial charge is 0.504 e. The molecule has 0 saturated heterocycles. The first-order valence-corrected chi connectivity index (χ1v) is 22.1. The molecule has 0 unspecified atom stereocenters. The summed E-state index contributed by atoms with van der Waals surface area (Å²) < 4.78 is 49.2. The number of phenols is 18. The maximum atomic E-state index is 11.1. The van der Waals surface area contributed by atoms with E-state index in [9.17, 15) is 91.9 Å². The fourth-order valence-electron chi connectivity index (χ4n) is 5.27. The van der Waals surface area contributed by atoms with Gasteiger partial charge in [0.1, 0.15) is 0 Å². The molecule has 18 N–H and O–H groups in total.